The standard InChI is InChI=1S/C5H14O3Si/c1-7-9(3,8-2)5-4-6/h6H,4-5H2,1-3H3. The Morgan fingerprint density at radius 2 is 1.78 bits per heavy atom. The number of aliphatic hydroxyl groups excluding tert-OH is 1. The van der Waals surface area contributed by atoms with Crippen molar-refractivity contribution in [3.05, 3.63) is 0 Å². The van der Waals surface area contributed by atoms with Crippen LogP contribution in [0, 0.1) is 0 Å². The van der Waals surface area contributed by atoms with E-state index in [-0.39, 0.29) is 6.61 Å². The van der Waals surface area contributed by atoms with Gasteiger partial charge in [0.25, 0.3) is 0 Å². The third kappa shape index (κ3) is 2.95. The average molecular weight is 150 g/mol. The Bertz CT molecular complexity index is 72.6. The van der Waals surface area contributed by atoms with Crippen LogP contribution < -0.4 is 0 Å². The predicted octanol–water partition coefficient (Wildman–Crippen LogP) is 0.343. The molecule has 3 nitrogen and oxygen atoms in total. The van der Waals surface area contributed by atoms with Crippen molar-refractivity contribution < 1.29 is 14.0 Å². The molecule has 0 spiro atoms. The molecule has 1 N–H and O–H groups in total. The summed E-state index contributed by atoms with van der Waals surface area (Å²) in [6.45, 7) is 2.06. The van der Waals surface area contributed by atoms with Crippen molar-refractivity contribution in [2.45, 2.75) is 12.6 Å². The molecule has 0 heterocycles. The summed E-state index contributed by atoms with van der Waals surface area (Å²) in [7, 11) is 1.29. The highest BCUT2D eigenvalue weighted by atomic mass is 28.4. The van der Waals surface area contributed by atoms with Gasteiger partial charge in [-0.25, -0.2) is 0 Å². The van der Waals surface area contributed by atoms with Crippen molar-refractivity contribution in [1.82, 2.24) is 0 Å². The van der Waals surface area contributed by atoms with Crippen LogP contribution in [-0.2, 0) is 8.85 Å². The Morgan fingerprint density at radius 3 is 1.89 bits per heavy atom. The summed E-state index contributed by atoms with van der Waals surface area (Å²) in [5.41, 5.74) is 0. The SMILES string of the molecule is CO[Si](C)(CCO)OC. The Morgan fingerprint density at radius 1 is 1.33 bits per heavy atom. The zero-order valence-electron chi connectivity index (χ0n) is 6.18. The maximum Gasteiger partial charge on any atom is 0.336 e. The normalized spacial score (nSPS) is 12.0. The van der Waals surface area contributed by atoms with Crippen LogP contribution in [0.3, 0.4) is 0 Å². The smallest absolute Gasteiger partial charge is 0.336 e. The van der Waals surface area contributed by atoms with E-state index in [2.05, 4.69) is 0 Å². The maximum absolute atomic E-state index is 8.54. The summed E-state index contributed by atoms with van der Waals surface area (Å²) < 4.78 is 10.2. The lowest BCUT2D eigenvalue weighted by molar-refractivity contribution is 0.229. The molecule has 9 heavy (non-hydrogen) atoms. The topological polar surface area (TPSA) is 38.7 Å². The highest BCUT2D eigenvalue weighted by molar-refractivity contribution is 6.65. The molecular weight excluding hydrogens is 136 g/mol. The van der Waals surface area contributed by atoms with Crippen molar-refractivity contribution >= 4 is 8.56 Å². The molecule has 0 saturated heterocycles. The average Bonchev–Trinajstić information content (AvgIpc) is 1.89. The lowest BCUT2D eigenvalue weighted by Crippen LogP contribution is -2.36. The minimum absolute atomic E-state index is 0.143. The molecule has 56 valence electrons. The summed E-state index contributed by atoms with van der Waals surface area (Å²) in [6, 6.07) is 0.639. The molecule has 0 fully saturated rings. The monoisotopic (exact) mass is 150 g/mol. The quantitative estimate of drug-likeness (QED) is 0.587. The molecule has 0 aromatic heterocycles. The van der Waals surface area contributed by atoms with E-state index >= 15 is 0 Å². The van der Waals surface area contributed by atoms with E-state index in [1.54, 1.807) is 14.2 Å². The maximum atomic E-state index is 8.54. The van der Waals surface area contributed by atoms with Gasteiger partial charge in [0.1, 0.15) is 0 Å². The summed E-state index contributed by atoms with van der Waals surface area (Å²) in [6.07, 6.45) is 0. The zero-order valence-corrected chi connectivity index (χ0v) is 7.18. The van der Waals surface area contributed by atoms with Gasteiger partial charge in [-0.2, -0.15) is 0 Å². The number of hydrogen-bond donors (Lipinski definition) is 1. The summed E-state index contributed by atoms with van der Waals surface area (Å²) in [5, 5.41) is 8.54. The van der Waals surface area contributed by atoms with Crippen LogP contribution in [0.2, 0.25) is 12.6 Å². The molecule has 4 heteroatoms. The Labute approximate surface area is 56.8 Å². The molecule has 0 atom stereocenters. The molecular formula is C5H14O3Si. The van der Waals surface area contributed by atoms with Gasteiger partial charge in [0.15, 0.2) is 0 Å². The molecule has 0 aromatic carbocycles. The van der Waals surface area contributed by atoms with Crippen molar-refractivity contribution in [3.63, 3.8) is 0 Å². The zero-order chi connectivity index (χ0) is 7.33. The molecule has 0 aliphatic heterocycles. The highest BCUT2D eigenvalue weighted by Gasteiger charge is 2.27. The molecule has 0 unspecified atom stereocenters. The van der Waals surface area contributed by atoms with Crippen LogP contribution in [0.4, 0.5) is 0 Å². The van der Waals surface area contributed by atoms with Gasteiger partial charge >= 0.3 is 8.56 Å². The summed E-state index contributed by atoms with van der Waals surface area (Å²) in [5.74, 6) is 0. The highest BCUT2D eigenvalue weighted by Crippen LogP contribution is 2.08. The molecule has 0 bridgehead atoms. The van der Waals surface area contributed by atoms with E-state index in [1.807, 2.05) is 6.55 Å². The van der Waals surface area contributed by atoms with E-state index in [0.717, 1.165) is 0 Å². The fourth-order valence-electron chi connectivity index (χ4n) is 0.491. The Kier molecular flexibility index (Phi) is 4.04. The second kappa shape index (κ2) is 4.00. The van der Waals surface area contributed by atoms with Crippen LogP contribution in [0.15, 0.2) is 0 Å². The number of hydrogen-bond acceptors (Lipinski definition) is 3. The van der Waals surface area contributed by atoms with Crippen LogP contribution in [-0.4, -0.2) is 34.5 Å². The van der Waals surface area contributed by atoms with Crippen LogP contribution >= 0.6 is 0 Å². The van der Waals surface area contributed by atoms with Gasteiger partial charge in [-0.1, -0.05) is 0 Å². The van der Waals surface area contributed by atoms with E-state index in [0.29, 0.717) is 6.04 Å². The van der Waals surface area contributed by atoms with Gasteiger partial charge in [0, 0.05) is 26.9 Å². The van der Waals surface area contributed by atoms with Crippen molar-refractivity contribution in [3.8, 4) is 0 Å². The second-order valence-electron chi connectivity index (χ2n) is 2.02. The molecule has 0 aliphatic rings. The van der Waals surface area contributed by atoms with Crippen molar-refractivity contribution in [2.24, 2.45) is 0 Å². The van der Waals surface area contributed by atoms with Crippen LogP contribution in [0.5, 0.6) is 0 Å². The minimum Gasteiger partial charge on any atom is -0.398 e. The second-order valence-corrected chi connectivity index (χ2v) is 5.60. The molecule has 0 radical (unpaired) electrons. The van der Waals surface area contributed by atoms with Gasteiger partial charge in [-0.05, 0) is 6.55 Å². The van der Waals surface area contributed by atoms with Gasteiger partial charge in [0.2, 0.25) is 0 Å². The lowest BCUT2D eigenvalue weighted by atomic mass is 10.9. The van der Waals surface area contributed by atoms with Crippen molar-refractivity contribution in [1.29, 1.82) is 0 Å². The van der Waals surface area contributed by atoms with E-state index in [1.165, 1.54) is 0 Å². The van der Waals surface area contributed by atoms with Crippen LogP contribution in [0.25, 0.3) is 0 Å². The van der Waals surface area contributed by atoms with Gasteiger partial charge < -0.3 is 14.0 Å². The fraction of sp³-hybridized carbons (Fsp3) is 1.00. The van der Waals surface area contributed by atoms with E-state index < -0.39 is 8.56 Å². The molecule has 0 saturated carbocycles. The van der Waals surface area contributed by atoms with E-state index in [9.17, 15) is 0 Å². The van der Waals surface area contributed by atoms with E-state index in [4.69, 9.17) is 14.0 Å². The minimum atomic E-state index is -1.95. The summed E-state index contributed by atoms with van der Waals surface area (Å²) in [4.78, 5) is 0. The molecule has 0 rings (SSSR count). The van der Waals surface area contributed by atoms with Gasteiger partial charge in [-0.15, -0.1) is 0 Å². The van der Waals surface area contributed by atoms with Gasteiger partial charge in [0.05, 0.1) is 0 Å². The Hall–Kier alpha value is 0.0969. The predicted molar refractivity (Wildman–Crippen MR) is 37.5 cm³/mol. The third-order valence-corrected chi connectivity index (χ3v) is 4.29. The van der Waals surface area contributed by atoms with Gasteiger partial charge in [-0.3, -0.25) is 0 Å². The van der Waals surface area contributed by atoms with Crippen LogP contribution in [0.1, 0.15) is 0 Å². The summed E-state index contributed by atoms with van der Waals surface area (Å²) >= 11 is 0. The lowest BCUT2D eigenvalue weighted by Gasteiger charge is -2.20. The molecule has 0 amide bonds. The largest absolute Gasteiger partial charge is 0.398 e. The third-order valence-electron chi connectivity index (χ3n) is 1.43. The Balaban J connectivity index is 3.62. The first-order chi connectivity index (χ1) is 4.18. The first-order valence-electron chi connectivity index (χ1n) is 2.89. The fourth-order valence-corrected chi connectivity index (χ4v) is 1.47. The molecule has 0 aromatic rings. The van der Waals surface area contributed by atoms with Crippen molar-refractivity contribution in [2.75, 3.05) is 20.8 Å². The number of aliphatic hydroxyl groups is 1. The molecule has 0 aliphatic carbocycles. The number of rotatable bonds is 4. The first kappa shape index (κ1) is 9.10. The first-order valence-corrected chi connectivity index (χ1v) is 5.42.